The van der Waals surface area contributed by atoms with Crippen LogP contribution in [0.4, 0.5) is 4.39 Å². The van der Waals surface area contributed by atoms with Gasteiger partial charge in [-0.2, -0.15) is 0 Å². The second-order valence-corrected chi connectivity index (χ2v) is 9.71. The molecular formula is C28H28FNO5S. The second-order valence-electron chi connectivity index (χ2n) is 8.40. The van der Waals surface area contributed by atoms with Gasteiger partial charge in [0.25, 0.3) is 0 Å². The number of carbonyl (C=O) groups excluding carboxylic acids is 3. The van der Waals surface area contributed by atoms with Crippen molar-refractivity contribution in [2.24, 2.45) is 0 Å². The number of aromatic hydroxyl groups is 1. The minimum Gasteiger partial charge on any atom is -0.508 e. The summed E-state index contributed by atoms with van der Waals surface area (Å²) in [5, 5.41) is 11.2. The molecule has 0 heterocycles. The number of ether oxygens (including phenoxy) is 1. The van der Waals surface area contributed by atoms with E-state index in [4.69, 9.17) is 4.74 Å². The number of carbonyl (C=O) groups is 3. The van der Waals surface area contributed by atoms with Crippen LogP contribution in [0.5, 0.6) is 5.75 Å². The van der Waals surface area contributed by atoms with Crippen LogP contribution in [0.2, 0.25) is 0 Å². The summed E-state index contributed by atoms with van der Waals surface area (Å²) in [7, 11) is 0. The van der Waals surface area contributed by atoms with Gasteiger partial charge in [-0.25, -0.2) is 9.18 Å². The van der Waals surface area contributed by atoms with E-state index in [1.807, 2.05) is 30.3 Å². The molecule has 36 heavy (non-hydrogen) atoms. The number of thioether (sulfide) groups is 1. The SMILES string of the molecule is CC(=O)SC(C(=O)NC(Cc1ccc(O)cc1)C(=O)OCc1ccccc1)C(C)c1ccc(F)cc1. The van der Waals surface area contributed by atoms with Gasteiger partial charge in [0.1, 0.15) is 24.2 Å². The van der Waals surface area contributed by atoms with Gasteiger partial charge in [0.05, 0.1) is 5.25 Å². The first-order chi connectivity index (χ1) is 17.2. The molecule has 0 radical (unpaired) electrons. The number of phenols is 1. The van der Waals surface area contributed by atoms with E-state index in [-0.39, 0.29) is 23.9 Å². The molecule has 0 saturated heterocycles. The van der Waals surface area contributed by atoms with E-state index in [9.17, 15) is 23.9 Å². The summed E-state index contributed by atoms with van der Waals surface area (Å²) in [6.45, 7) is 3.18. The van der Waals surface area contributed by atoms with E-state index >= 15 is 0 Å². The van der Waals surface area contributed by atoms with Crippen LogP contribution in [0.15, 0.2) is 78.9 Å². The molecule has 3 aromatic rings. The van der Waals surface area contributed by atoms with Crippen LogP contribution >= 0.6 is 11.8 Å². The van der Waals surface area contributed by atoms with Gasteiger partial charge in [-0.15, -0.1) is 0 Å². The Morgan fingerprint density at radius 2 is 1.58 bits per heavy atom. The van der Waals surface area contributed by atoms with Gasteiger partial charge in [0.2, 0.25) is 5.91 Å². The summed E-state index contributed by atoms with van der Waals surface area (Å²) in [5.41, 5.74) is 2.19. The summed E-state index contributed by atoms with van der Waals surface area (Å²) in [6.07, 6.45) is 0.127. The number of rotatable bonds is 10. The quantitative estimate of drug-likeness (QED) is 0.383. The highest BCUT2D eigenvalue weighted by atomic mass is 32.2. The predicted molar refractivity (Wildman–Crippen MR) is 137 cm³/mol. The lowest BCUT2D eigenvalue weighted by molar-refractivity contribution is -0.149. The minimum atomic E-state index is -1.03. The maximum absolute atomic E-state index is 13.4. The molecule has 0 aliphatic carbocycles. The lowest BCUT2D eigenvalue weighted by Gasteiger charge is -2.25. The zero-order chi connectivity index (χ0) is 26.1. The molecule has 6 nitrogen and oxygen atoms in total. The van der Waals surface area contributed by atoms with Gasteiger partial charge in [0, 0.05) is 19.3 Å². The Morgan fingerprint density at radius 3 is 2.19 bits per heavy atom. The molecule has 0 spiro atoms. The molecular weight excluding hydrogens is 481 g/mol. The van der Waals surface area contributed by atoms with Crippen molar-refractivity contribution in [3.8, 4) is 5.75 Å². The van der Waals surface area contributed by atoms with E-state index in [0.717, 1.165) is 17.3 Å². The van der Waals surface area contributed by atoms with E-state index in [1.54, 1.807) is 31.2 Å². The summed E-state index contributed by atoms with van der Waals surface area (Å²) in [5.74, 6) is -1.89. The number of hydrogen-bond acceptors (Lipinski definition) is 6. The molecule has 3 atom stereocenters. The largest absolute Gasteiger partial charge is 0.508 e. The third-order valence-corrected chi connectivity index (χ3v) is 6.81. The van der Waals surface area contributed by atoms with Crippen LogP contribution in [0.3, 0.4) is 0 Å². The van der Waals surface area contributed by atoms with Crippen LogP contribution in [-0.2, 0) is 32.1 Å². The number of phenolic OH excluding ortho intramolecular Hbond substituents is 1. The number of benzene rings is 3. The Morgan fingerprint density at radius 1 is 0.944 bits per heavy atom. The average Bonchev–Trinajstić information content (AvgIpc) is 2.87. The molecule has 3 unspecified atom stereocenters. The highest BCUT2D eigenvalue weighted by Crippen LogP contribution is 2.30. The van der Waals surface area contributed by atoms with E-state index in [0.29, 0.717) is 11.1 Å². The summed E-state index contributed by atoms with van der Waals surface area (Å²) < 4.78 is 18.9. The van der Waals surface area contributed by atoms with E-state index < -0.39 is 34.9 Å². The van der Waals surface area contributed by atoms with Gasteiger partial charge in [-0.3, -0.25) is 9.59 Å². The van der Waals surface area contributed by atoms with Crippen molar-refractivity contribution >= 4 is 28.8 Å². The van der Waals surface area contributed by atoms with Gasteiger partial charge < -0.3 is 15.2 Å². The Bertz CT molecular complexity index is 1170. The Balaban J connectivity index is 1.80. The molecule has 0 aliphatic heterocycles. The van der Waals surface area contributed by atoms with Crippen molar-refractivity contribution in [1.29, 1.82) is 0 Å². The molecule has 0 saturated carbocycles. The molecule has 0 fully saturated rings. The lowest BCUT2D eigenvalue weighted by Crippen LogP contribution is -2.47. The zero-order valence-electron chi connectivity index (χ0n) is 20.0. The monoisotopic (exact) mass is 509 g/mol. The van der Waals surface area contributed by atoms with Crippen LogP contribution in [-0.4, -0.2) is 33.4 Å². The Labute approximate surface area is 213 Å². The van der Waals surface area contributed by atoms with Gasteiger partial charge >= 0.3 is 5.97 Å². The van der Waals surface area contributed by atoms with E-state index in [2.05, 4.69) is 5.32 Å². The predicted octanol–water partition coefficient (Wildman–Crippen LogP) is 4.75. The van der Waals surface area contributed by atoms with Gasteiger partial charge in [-0.1, -0.05) is 73.3 Å². The third kappa shape index (κ3) is 7.95. The highest BCUT2D eigenvalue weighted by Gasteiger charge is 2.32. The normalized spacial score (nSPS) is 13.3. The second kappa shape index (κ2) is 12.9. The average molecular weight is 510 g/mol. The fraction of sp³-hybridized carbons (Fsp3) is 0.250. The maximum atomic E-state index is 13.4. The van der Waals surface area contributed by atoms with Crippen molar-refractivity contribution in [3.05, 3.63) is 101 Å². The lowest BCUT2D eigenvalue weighted by atomic mass is 9.96. The van der Waals surface area contributed by atoms with Crippen molar-refractivity contribution in [2.75, 3.05) is 0 Å². The molecule has 0 aliphatic rings. The highest BCUT2D eigenvalue weighted by molar-refractivity contribution is 8.14. The molecule has 188 valence electrons. The Kier molecular flexibility index (Phi) is 9.64. The topological polar surface area (TPSA) is 92.7 Å². The summed E-state index contributed by atoms with van der Waals surface area (Å²) in [6, 6.07) is 20.2. The number of halogens is 1. The first-order valence-corrected chi connectivity index (χ1v) is 12.3. The number of hydrogen-bond donors (Lipinski definition) is 2. The van der Waals surface area contributed by atoms with Gasteiger partial charge in [-0.05, 0) is 41.0 Å². The number of amides is 1. The van der Waals surface area contributed by atoms with Crippen molar-refractivity contribution in [3.63, 3.8) is 0 Å². The zero-order valence-corrected chi connectivity index (χ0v) is 20.8. The van der Waals surface area contributed by atoms with E-state index in [1.165, 1.54) is 31.2 Å². The fourth-order valence-electron chi connectivity index (χ4n) is 3.65. The van der Waals surface area contributed by atoms with Gasteiger partial charge in [0.15, 0.2) is 5.12 Å². The smallest absolute Gasteiger partial charge is 0.329 e. The van der Waals surface area contributed by atoms with Crippen LogP contribution in [0.25, 0.3) is 0 Å². The molecule has 3 aromatic carbocycles. The summed E-state index contributed by atoms with van der Waals surface area (Å²) >= 11 is 0.857. The fourth-order valence-corrected chi connectivity index (χ4v) is 4.54. The number of esters is 1. The molecule has 3 rings (SSSR count). The number of nitrogens with one attached hydrogen (secondary N) is 1. The van der Waals surface area contributed by atoms with Crippen LogP contribution in [0, 0.1) is 5.82 Å². The maximum Gasteiger partial charge on any atom is 0.329 e. The third-order valence-electron chi connectivity index (χ3n) is 5.60. The molecule has 0 aromatic heterocycles. The molecule has 8 heteroatoms. The van der Waals surface area contributed by atoms with Crippen LogP contribution < -0.4 is 5.32 Å². The molecule has 0 bridgehead atoms. The van der Waals surface area contributed by atoms with Crippen molar-refractivity contribution in [2.45, 2.75) is 44.1 Å². The Hall–Kier alpha value is -3.65. The van der Waals surface area contributed by atoms with Crippen LogP contribution in [0.1, 0.15) is 36.5 Å². The van der Waals surface area contributed by atoms with Crippen molar-refractivity contribution < 1.29 is 28.6 Å². The summed E-state index contributed by atoms with van der Waals surface area (Å²) in [4.78, 5) is 38.4. The molecule has 1 amide bonds. The standard InChI is InChI=1S/C28H28FNO5S/c1-18(22-10-12-23(29)13-11-22)26(36-19(2)31)27(33)30-25(16-20-8-14-24(32)15-9-20)28(34)35-17-21-6-4-3-5-7-21/h3-15,18,25-26,32H,16-17H2,1-2H3,(H,30,33). The molecule has 2 N–H and O–H groups in total. The van der Waals surface area contributed by atoms with Crippen molar-refractivity contribution in [1.82, 2.24) is 5.32 Å². The first-order valence-electron chi connectivity index (χ1n) is 11.4. The first kappa shape index (κ1) is 26.9. The minimum absolute atomic E-state index is 0.0409.